The molecular formula is C12H26N2O. The molecule has 0 saturated heterocycles. The Bertz CT molecular complexity index is 145. The van der Waals surface area contributed by atoms with Crippen LogP contribution in [0, 0.1) is 5.92 Å². The van der Waals surface area contributed by atoms with Crippen LogP contribution >= 0.6 is 0 Å². The normalized spacial score (nSPS) is 16.2. The molecule has 0 aromatic carbocycles. The van der Waals surface area contributed by atoms with E-state index in [2.05, 4.69) is 24.1 Å². The van der Waals surface area contributed by atoms with Crippen LogP contribution in [0.15, 0.2) is 0 Å². The van der Waals surface area contributed by atoms with Crippen molar-refractivity contribution in [3.05, 3.63) is 0 Å². The van der Waals surface area contributed by atoms with Gasteiger partial charge in [0.25, 0.3) is 0 Å². The van der Waals surface area contributed by atoms with E-state index in [4.69, 9.17) is 4.74 Å². The monoisotopic (exact) mass is 214 g/mol. The second-order valence-corrected chi connectivity index (χ2v) is 4.30. The van der Waals surface area contributed by atoms with Gasteiger partial charge in [0.05, 0.1) is 6.61 Å². The molecule has 1 saturated carbocycles. The molecule has 1 N–H and O–H groups in total. The molecule has 0 bridgehead atoms. The fraction of sp³-hybridized carbons (Fsp3) is 1.00. The largest absolute Gasteiger partial charge is 0.380 e. The van der Waals surface area contributed by atoms with Gasteiger partial charge in [0.1, 0.15) is 0 Å². The van der Waals surface area contributed by atoms with E-state index in [-0.39, 0.29) is 0 Å². The molecule has 0 spiro atoms. The van der Waals surface area contributed by atoms with Gasteiger partial charge in [-0.05, 0) is 31.8 Å². The SMILES string of the molecule is CCN(CC)CCNCCOCC1CC1. The quantitative estimate of drug-likeness (QED) is 0.556. The van der Waals surface area contributed by atoms with Gasteiger partial charge in [-0.3, -0.25) is 0 Å². The summed E-state index contributed by atoms with van der Waals surface area (Å²) in [5.41, 5.74) is 0. The van der Waals surface area contributed by atoms with Crippen molar-refractivity contribution in [2.24, 2.45) is 5.92 Å². The van der Waals surface area contributed by atoms with E-state index in [0.717, 1.165) is 51.9 Å². The average Bonchev–Trinajstić information content (AvgIpc) is 3.06. The number of likely N-dealkylation sites (N-methyl/N-ethyl adjacent to an activating group) is 1. The molecule has 0 aliphatic heterocycles. The van der Waals surface area contributed by atoms with Crippen LogP contribution < -0.4 is 5.32 Å². The van der Waals surface area contributed by atoms with E-state index in [1.54, 1.807) is 0 Å². The van der Waals surface area contributed by atoms with Crippen molar-refractivity contribution < 1.29 is 4.74 Å². The third-order valence-corrected chi connectivity index (χ3v) is 2.97. The van der Waals surface area contributed by atoms with Gasteiger partial charge >= 0.3 is 0 Å². The van der Waals surface area contributed by atoms with Crippen molar-refractivity contribution in [3.63, 3.8) is 0 Å². The maximum atomic E-state index is 5.54. The zero-order valence-electron chi connectivity index (χ0n) is 10.3. The van der Waals surface area contributed by atoms with Crippen LogP contribution in [0.25, 0.3) is 0 Å². The van der Waals surface area contributed by atoms with Crippen molar-refractivity contribution in [1.29, 1.82) is 0 Å². The summed E-state index contributed by atoms with van der Waals surface area (Å²) in [5, 5.41) is 3.41. The second-order valence-electron chi connectivity index (χ2n) is 4.30. The summed E-state index contributed by atoms with van der Waals surface area (Å²) >= 11 is 0. The second kappa shape index (κ2) is 8.08. The van der Waals surface area contributed by atoms with E-state index in [1.807, 2.05) is 0 Å². The molecule has 0 radical (unpaired) electrons. The first-order chi connectivity index (χ1) is 7.36. The van der Waals surface area contributed by atoms with Crippen molar-refractivity contribution in [3.8, 4) is 0 Å². The molecule has 0 aromatic heterocycles. The van der Waals surface area contributed by atoms with Gasteiger partial charge in [0, 0.05) is 26.2 Å². The molecule has 1 fully saturated rings. The Labute approximate surface area is 94.2 Å². The Morgan fingerprint density at radius 3 is 2.53 bits per heavy atom. The summed E-state index contributed by atoms with van der Waals surface area (Å²) in [7, 11) is 0. The molecule has 0 atom stereocenters. The minimum Gasteiger partial charge on any atom is -0.380 e. The van der Waals surface area contributed by atoms with Crippen molar-refractivity contribution >= 4 is 0 Å². The third kappa shape index (κ3) is 6.88. The molecule has 1 rings (SSSR count). The van der Waals surface area contributed by atoms with Gasteiger partial charge in [0.2, 0.25) is 0 Å². The number of nitrogens with one attached hydrogen (secondary N) is 1. The predicted molar refractivity (Wildman–Crippen MR) is 64.2 cm³/mol. The van der Waals surface area contributed by atoms with Gasteiger partial charge in [-0.1, -0.05) is 13.8 Å². The Kier molecular flexibility index (Phi) is 6.98. The van der Waals surface area contributed by atoms with Crippen molar-refractivity contribution in [2.45, 2.75) is 26.7 Å². The smallest absolute Gasteiger partial charge is 0.0591 e. The Hall–Kier alpha value is -0.120. The Morgan fingerprint density at radius 1 is 1.20 bits per heavy atom. The van der Waals surface area contributed by atoms with E-state index in [0.29, 0.717) is 0 Å². The first kappa shape index (κ1) is 12.9. The molecule has 3 nitrogen and oxygen atoms in total. The van der Waals surface area contributed by atoms with Crippen LogP contribution in [0.4, 0.5) is 0 Å². The third-order valence-electron chi connectivity index (χ3n) is 2.97. The Morgan fingerprint density at radius 2 is 1.93 bits per heavy atom. The zero-order chi connectivity index (χ0) is 10.9. The minimum absolute atomic E-state index is 0.870. The number of hydrogen-bond donors (Lipinski definition) is 1. The fourth-order valence-corrected chi connectivity index (χ4v) is 1.58. The minimum atomic E-state index is 0.870. The molecule has 0 amide bonds. The van der Waals surface area contributed by atoms with E-state index in [9.17, 15) is 0 Å². The fourth-order valence-electron chi connectivity index (χ4n) is 1.58. The van der Waals surface area contributed by atoms with E-state index < -0.39 is 0 Å². The molecule has 1 aliphatic carbocycles. The van der Waals surface area contributed by atoms with Crippen LogP contribution in [-0.4, -0.2) is 50.8 Å². The highest BCUT2D eigenvalue weighted by molar-refractivity contribution is 4.71. The summed E-state index contributed by atoms with van der Waals surface area (Å²) in [6.45, 7) is 11.8. The number of nitrogens with zero attached hydrogens (tertiary/aromatic N) is 1. The average molecular weight is 214 g/mol. The zero-order valence-corrected chi connectivity index (χ0v) is 10.3. The Balaban J connectivity index is 1.75. The van der Waals surface area contributed by atoms with Gasteiger partial charge in [0.15, 0.2) is 0 Å². The van der Waals surface area contributed by atoms with Crippen LogP contribution in [0.1, 0.15) is 26.7 Å². The first-order valence-electron chi connectivity index (χ1n) is 6.37. The van der Waals surface area contributed by atoms with Crippen LogP contribution in [0.2, 0.25) is 0 Å². The highest BCUT2D eigenvalue weighted by Crippen LogP contribution is 2.28. The van der Waals surface area contributed by atoms with Crippen LogP contribution in [0.5, 0.6) is 0 Å². The number of rotatable bonds is 10. The lowest BCUT2D eigenvalue weighted by molar-refractivity contribution is 0.125. The molecule has 0 aromatic rings. The van der Waals surface area contributed by atoms with Crippen LogP contribution in [0.3, 0.4) is 0 Å². The van der Waals surface area contributed by atoms with Crippen LogP contribution in [-0.2, 0) is 4.74 Å². The van der Waals surface area contributed by atoms with E-state index in [1.165, 1.54) is 12.8 Å². The first-order valence-corrected chi connectivity index (χ1v) is 6.37. The summed E-state index contributed by atoms with van der Waals surface area (Å²) in [6, 6.07) is 0. The highest BCUT2D eigenvalue weighted by Gasteiger charge is 2.20. The van der Waals surface area contributed by atoms with Gasteiger partial charge in [-0.25, -0.2) is 0 Å². The van der Waals surface area contributed by atoms with Crippen molar-refractivity contribution in [1.82, 2.24) is 10.2 Å². The van der Waals surface area contributed by atoms with Gasteiger partial charge < -0.3 is 15.0 Å². The number of hydrogen-bond acceptors (Lipinski definition) is 3. The summed E-state index contributed by atoms with van der Waals surface area (Å²) in [4.78, 5) is 2.43. The predicted octanol–water partition coefficient (Wildman–Crippen LogP) is 1.34. The lowest BCUT2D eigenvalue weighted by atomic mass is 10.4. The lowest BCUT2D eigenvalue weighted by Crippen LogP contribution is -2.33. The maximum Gasteiger partial charge on any atom is 0.0591 e. The summed E-state index contributed by atoms with van der Waals surface area (Å²) in [5.74, 6) is 0.890. The van der Waals surface area contributed by atoms with E-state index >= 15 is 0 Å². The molecule has 3 heteroatoms. The van der Waals surface area contributed by atoms with Crippen molar-refractivity contribution in [2.75, 3.05) is 45.9 Å². The summed E-state index contributed by atoms with van der Waals surface area (Å²) < 4.78 is 5.54. The molecule has 1 aliphatic rings. The topological polar surface area (TPSA) is 24.5 Å². The molecule has 90 valence electrons. The molecular weight excluding hydrogens is 188 g/mol. The molecule has 15 heavy (non-hydrogen) atoms. The molecule has 0 unspecified atom stereocenters. The molecule has 0 heterocycles. The highest BCUT2D eigenvalue weighted by atomic mass is 16.5. The van der Waals surface area contributed by atoms with Gasteiger partial charge in [-0.2, -0.15) is 0 Å². The maximum absolute atomic E-state index is 5.54. The summed E-state index contributed by atoms with van der Waals surface area (Å²) in [6.07, 6.45) is 2.77. The lowest BCUT2D eigenvalue weighted by Gasteiger charge is -2.17. The number of ether oxygens (including phenoxy) is 1. The standard InChI is InChI=1S/C12H26N2O/c1-3-14(4-2)9-7-13-8-10-15-11-12-5-6-12/h12-13H,3-11H2,1-2H3. The van der Waals surface area contributed by atoms with Gasteiger partial charge in [-0.15, -0.1) is 0 Å².